The van der Waals surface area contributed by atoms with Crippen molar-refractivity contribution in [2.24, 2.45) is 0 Å². The molecule has 0 aliphatic heterocycles. The van der Waals surface area contributed by atoms with E-state index < -0.39 is 20.3 Å². The highest BCUT2D eigenvalue weighted by Gasteiger charge is 2.34. The third-order valence-electron chi connectivity index (χ3n) is 3.04. The van der Waals surface area contributed by atoms with Crippen molar-refractivity contribution in [2.45, 2.75) is 25.2 Å². The van der Waals surface area contributed by atoms with Crippen LogP contribution in [0.4, 0.5) is 13.2 Å². The van der Waals surface area contributed by atoms with Gasteiger partial charge in [-0.15, -0.1) is 0 Å². The summed E-state index contributed by atoms with van der Waals surface area (Å²) in [5.41, 5.74) is 0.171. The van der Waals surface area contributed by atoms with E-state index >= 15 is 0 Å². The zero-order chi connectivity index (χ0) is 13.8. The molecule has 0 atom stereocenters. The van der Waals surface area contributed by atoms with Crippen LogP contribution in [0.3, 0.4) is 0 Å². The smallest absolute Gasteiger partial charge is 0.397 e. The van der Waals surface area contributed by atoms with Crippen LogP contribution < -0.4 is 0 Å². The fourth-order valence-corrected chi connectivity index (χ4v) is 3.90. The van der Waals surface area contributed by atoms with Gasteiger partial charge in [-0.25, -0.2) is 0 Å². The van der Waals surface area contributed by atoms with Gasteiger partial charge in [0.2, 0.25) is 0 Å². The molecular weight excluding hydrogens is 261 g/mol. The molecule has 0 N–H and O–H groups in total. The van der Waals surface area contributed by atoms with E-state index in [2.05, 4.69) is 0 Å². The van der Waals surface area contributed by atoms with Crippen LogP contribution in [0, 0.1) is 0 Å². The molecule has 0 aliphatic carbocycles. The second-order valence-electron chi connectivity index (χ2n) is 4.04. The first-order valence-corrected chi connectivity index (χ1v) is 7.86. The highest BCUT2D eigenvalue weighted by atomic mass is 28.4. The second-order valence-corrected chi connectivity index (χ2v) is 7.74. The molecule has 0 saturated carbocycles. The van der Waals surface area contributed by atoms with Crippen LogP contribution in [0.15, 0.2) is 24.3 Å². The molecule has 0 heterocycles. The van der Waals surface area contributed by atoms with Crippen LogP contribution in [0.5, 0.6) is 0 Å². The number of hydrogen-bond acceptors (Lipinski definition) is 2. The molecule has 0 saturated heterocycles. The first kappa shape index (κ1) is 15.2. The molecule has 0 bridgehead atoms. The zero-order valence-corrected chi connectivity index (χ0v) is 11.7. The van der Waals surface area contributed by atoms with E-state index in [0.29, 0.717) is 6.04 Å². The Balaban J connectivity index is 2.86. The molecule has 102 valence electrons. The summed E-state index contributed by atoms with van der Waals surface area (Å²) in [6.07, 6.45) is -4.29. The molecular formula is C12H17F3O2Si. The number of benzene rings is 1. The van der Waals surface area contributed by atoms with E-state index in [1.54, 1.807) is 14.2 Å². The highest BCUT2D eigenvalue weighted by molar-refractivity contribution is 6.66. The predicted octanol–water partition coefficient (Wildman–Crippen LogP) is 3.54. The van der Waals surface area contributed by atoms with Gasteiger partial charge in [0.25, 0.3) is 0 Å². The number of hydrogen-bond donors (Lipinski definition) is 0. The van der Waals surface area contributed by atoms with Crippen molar-refractivity contribution >= 4 is 8.56 Å². The Labute approximate surface area is 106 Å². The van der Waals surface area contributed by atoms with E-state index in [1.165, 1.54) is 12.1 Å². The van der Waals surface area contributed by atoms with E-state index in [1.807, 2.05) is 6.92 Å². The first-order chi connectivity index (χ1) is 8.37. The van der Waals surface area contributed by atoms with Gasteiger partial charge in [0.15, 0.2) is 0 Å². The summed E-state index contributed by atoms with van der Waals surface area (Å²) >= 11 is 0. The lowest BCUT2D eigenvalue weighted by Gasteiger charge is -2.26. The van der Waals surface area contributed by atoms with Crippen LogP contribution in [0.2, 0.25) is 6.04 Å². The van der Waals surface area contributed by atoms with Crippen molar-refractivity contribution in [1.29, 1.82) is 0 Å². The van der Waals surface area contributed by atoms with Crippen molar-refractivity contribution in [3.8, 4) is 0 Å². The molecule has 1 rings (SSSR count). The van der Waals surface area contributed by atoms with Gasteiger partial charge in [-0.3, -0.25) is 0 Å². The number of alkyl halides is 3. The largest absolute Gasteiger partial charge is 0.416 e. The molecule has 0 amide bonds. The monoisotopic (exact) mass is 278 g/mol. The van der Waals surface area contributed by atoms with Gasteiger partial charge >= 0.3 is 14.7 Å². The summed E-state index contributed by atoms with van der Waals surface area (Å²) in [5.74, 6) is 0. The predicted molar refractivity (Wildman–Crippen MR) is 65.4 cm³/mol. The molecule has 18 heavy (non-hydrogen) atoms. The van der Waals surface area contributed by atoms with E-state index in [4.69, 9.17) is 8.85 Å². The molecule has 0 fully saturated rings. The fraction of sp³-hybridized carbons (Fsp3) is 0.500. The number of halogens is 3. The van der Waals surface area contributed by atoms with Crippen molar-refractivity contribution < 1.29 is 22.0 Å². The Morgan fingerprint density at radius 1 is 1.06 bits per heavy atom. The Bertz CT molecular complexity index is 364. The van der Waals surface area contributed by atoms with Crippen LogP contribution in [-0.2, 0) is 21.1 Å². The maximum absolute atomic E-state index is 12.4. The summed E-state index contributed by atoms with van der Waals surface area (Å²) in [5, 5.41) is 0. The number of rotatable bonds is 5. The van der Waals surface area contributed by atoms with Gasteiger partial charge in [0.05, 0.1) is 5.56 Å². The molecule has 0 spiro atoms. The van der Waals surface area contributed by atoms with Crippen LogP contribution in [0.1, 0.15) is 18.1 Å². The Hall–Kier alpha value is -0.853. The molecule has 0 aromatic heterocycles. The van der Waals surface area contributed by atoms with Gasteiger partial charge in [-0.1, -0.05) is 19.1 Å². The molecule has 0 radical (unpaired) electrons. The average Bonchev–Trinajstić information content (AvgIpc) is 2.36. The summed E-state index contributed by atoms with van der Waals surface area (Å²) in [6.45, 7) is 1.96. The van der Waals surface area contributed by atoms with E-state index in [9.17, 15) is 13.2 Å². The molecule has 2 nitrogen and oxygen atoms in total. The minimum atomic E-state index is -4.29. The minimum Gasteiger partial charge on any atom is -0.397 e. The third-order valence-corrected chi connectivity index (χ3v) is 6.55. The Morgan fingerprint density at radius 3 is 1.89 bits per heavy atom. The maximum Gasteiger partial charge on any atom is 0.416 e. The average molecular weight is 278 g/mol. The molecule has 1 aromatic rings. The molecule has 0 unspecified atom stereocenters. The molecule has 6 heteroatoms. The van der Waals surface area contributed by atoms with Gasteiger partial charge in [0.1, 0.15) is 0 Å². The summed E-state index contributed by atoms with van der Waals surface area (Å²) < 4.78 is 48.1. The van der Waals surface area contributed by atoms with Crippen LogP contribution in [-0.4, -0.2) is 22.8 Å². The summed E-state index contributed by atoms with van der Waals surface area (Å²) in [7, 11) is 0.870. The van der Waals surface area contributed by atoms with Gasteiger partial charge in [-0.05, 0) is 23.7 Å². The highest BCUT2D eigenvalue weighted by Crippen LogP contribution is 2.29. The molecule has 0 aliphatic rings. The standard InChI is InChI=1S/C12H17F3O2Si/c1-4-18(16-2,17-3)9-10-5-7-11(8-6-10)12(13,14)15/h5-8H,4,9H2,1-3H3. The Morgan fingerprint density at radius 2 is 1.56 bits per heavy atom. The first-order valence-electron chi connectivity index (χ1n) is 5.63. The van der Waals surface area contributed by atoms with E-state index in [-0.39, 0.29) is 0 Å². The zero-order valence-electron chi connectivity index (χ0n) is 10.7. The van der Waals surface area contributed by atoms with Crippen molar-refractivity contribution in [1.82, 2.24) is 0 Å². The molecule has 1 aromatic carbocycles. The van der Waals surface area contributed by atoms with Crippen molar-refractivity contribution in [2.75, 3.05) is 14.2 Å². The van der Waals surface area contributed by atoms with Gasteiger partial charge in [-0.2, -0.15) is 13.2 Å². The third kappa shape index (κ3) is 3.57. The van der Waals surface area contributed by atoms with Crippen LogP contribution >= 0.6 is 0 Å². The maximum atomic E-state index is 12.4. The van der Waals surface area contributed by atoms with Crippen molar-refractivity contribution in [3.05, 3.63) is 35.4 Å². The quantitative estimate of drug-likeness (QED) is 0.767. The second kappa shape index (κ2) is 5.86. The lowest BCUT2D eigenvalue weighted by atomic mass is 10.1. The minimum absolute atomic E-state index is 0.550. The van der Waals surface area contributed by atoms with Gasteiger partial charge in [0, 0.05) is 20.3 Å². The lowest BCUT2D eigenvalue weighted by molar-refractivity contribution is -0.137. The normalized spacial score (nSPS) is 12.8. The summed E-state index contributed by atoms with van der Waals surface area (Å²) in [4.78, 5) is 0. The van der Waals surface area contributed by atoms with Crippen LogP contribution in [0.25, 0.3) is 0 Å². The topological polar surface area (TPSA) is 18.5 Å². The SMILES string of the molecule is CC[Si](Cc1ccc(C(F)(F)F)cc1)(OC)OC. The van der Waals surface area contributed by atoms with Crippen molar-refractivity contribution in [3.63, 3.8) is 0 Å². The lowest BCUT2D eigenvalue weighted by Crippen LogP contribution is -2.42. The summed E-state index contributed by atoms with van der Waals surface area (Å²) in [6, 6.07) is 6.46. The van der Waals surface area contributed by atoms with E-state index in [0.717, 1.165) is 23.7 Å². The van der Waals surface area contributed by atoms with Gasteiger partial charge < -0.3 is 8.85 Å². The Kier molecular flexibility index (Phi) is 4.95. The fourth-order valence-electron chi connectivity index (χ4n) is 1.76.